The number of methoxy groups -OCH3 is 2. The fourth-order valence-electron chi connectivity index (χ4n) is 2.86. The van der Waals surface area contributed by atoms with Crippen LogP contribution in [0.5, 0.6) is 23.0 Å². The minimum absolute atomic E-state index is 0.247. The van der Waals surface area contributed by atoms with Gasteiger partial charge in [-0.1, -0.05) is 27.5 Å². The monoisotopic (exact) mass is 560 g/mol. The van der Waals surface area contributed by atoms with E-state index in [-0.39, 0.29) is 11.3 Å². The van der Waals surface area contributed by atoms with Crippen molar-refractivity contribution in [2.24, 2.45) is 5.10 Å². The summed E-state index contributed by atoms with van der Waals surface area (Å²) < 4.78 is 22.3. The predicted molar refractivity (Wildman–Crippen MR) is 136 cm³/mol. The summed E-state index contributed by atoms with van der Waals surface area (Å²) in [5.41, 5.74) is 3.15. The molecule has 35 heavy (non-hydrogen) atoms. The maximum atomic E-state index is 12.7. The van der Waals surface area contributed by atoms with Gasteiger partial charge in [0, 0.05) is 15.1 Å². The molecule has 0 bridgehead atoms. The molecule has 1 N–H and O–H groups in total. The third-order valence-electron chi connectivity index (χ3n) is 4.67. The van der Waals surface area contributed by atoms with Crippen molar-refractivity contribution in [1.82, 2.24) is 5.43 Å². The summed E-state index contributed by atoms with van der Waals surface area (Å²) in [6.45, 7) is 1.59. The van der Waals surface area contributed by atoms with Crippen molar-refractivity contribution in [2.75, 3.05) is 14.2 Å². The number of hydrazone groups is 1. The minimum atomic E-state index is -0.807. The third kappa shape index (κ3) is 7.21. The normalized spacial score (nSPS) is 11.6. The van der Waals surface area contributed by atoms with Crippen molar-refractivity contribution >= 4 is 45.6 Å². The lowest BCUT2D eigenvalue weighted by atomic mass is 10.2. The molecule has 3 rings (SSSR count). The Morgan fingerprint density at radius 2 is 1.66 bits per heavy atom. The van der Waals surface area contributed by atoms with Crippen molar-refractivity contribution in [1.29, 1.82) is 0 Å². The zero-order valence-electron chi connectivity index (χ0n) is 19.1. The molecule has 10 heteroatoms. The van der Waals surface area contributed by atoms with E-state index in [1.807, 2.05) is 0 Å². The number of amides is 1. The highest BCUT2D eigenvalue weighted by Gasteiger charge is 2.16. The molecule has 0 spiro atoms. The Balaban J connectivity index is 1.68. The summed E-state index contributed by atoms with van der Waals surface area (Å²) in [7, 11) is 2.98. The summed E-state index contributed by atoms with van der Waals surface area (Å²) in [6.07, 6.45) is 0.563. The number of carbonyl (C=O) groups is 2. The molecule has 1 atom stereocenters. The smallest absolute Gasteiger partial charge is 0.343 e. The van der Waals surface area contributed by atoms with Gasteiger partial charge in [0.15, 0.2) is 17.6 Å². The molecule has 0 saturated carbocycles. The molecule has 0 heterocycles. The zero-order valence-corrected chi connectivity index (χ0v) is 21.4. The van der Waals surface area contributed by atoms with E-state index in [4.69, 9.17) is 30.5 Å². The number of carbonyl (C=O) groups excluding carboxylic acids is 2. The van der Waals surface area contributed by atoms with E-state index in [1.165, 1.54) is 26.5 Å². The fourth-order valence-corrected chi connectivity index (χ4v) is 3.37. The lowest BCUT2D eigenvalue weighted by molar-refractivity contribution is -0.127. The molecule has 182 valence electrons. The molecule has 0 aliphatic carbocycles. The maximum Gasteiger partial charge on any atom is 0.343 e. The highest BCUT2D eigenvalue weighted by atomic mass is 79.9. The van der Waals surface area contributed by atoms with Gasteiger partial charge in [-0.15, -0.1) is 0 Å². The molecule has 0 aromatic heterocycles. The molecule has 3 aromatic carbocycles. The van der Waals surface area contributed by atoms with Crippen LogP contribution in [0.25, 0.3) is 0 Å². The van der Waals surface area contributed by atoms with Gasteiger partial charge in [0.2, 0.25) is 0 Å². The molecule has 0 radical (unpaired) electrons. The number of hydrogen-bond acceptors (Lipinski definition) is 7. The van der Waals surface area contributed by atoms with Gasteiger partial charge >= 0.3 is 5.97 Å². The van der Waals surface area contributed by atoms with Gasteiger partial charge in [-0.25, -0.2) is 10.2 Å². The second-order valence-electron chi connectivity index (χ2n) is 7.09. The molecule has 0 aliphatic heterocycles. The van der Waals surface area contributed by atoms with E-state index in [9.17, 15) is 9.59 Å². The number of rotatable bonds is 9. The molecule has 0 unspecified atom stereocenters. The predicted octanol–water partition coefficient (Wildman–Crippen LogP) is 5.26. The first kappa shape index (κ1) is 26.1. The average Bonchev–Trinajstić information content (AvgIpc) is 2.86. The Morgan fingerprint density at radius 3 is 2.34 bits per heavy atom. The van der Waals surface area contributed by atoms with E-state index in [1.54, 1.807) is 61.5 Å². The SMILES string of the molecule is COc1ccc(C(=O)Oc2ccc(Br)cc2/C=N\NC(=O)[C@@H](C)Oc2ccc(Cl)cc2)cc1OC. The van der Waals surface area contributed by atoms with Crippen molar-refractivity contribution < 1.29 is 28.5 Å². The van der Waals surface area contributed by atoms with Crippen molar-refractivity contribution in [3.63, 3.8) is 0 Å². The lowest BCUT2D eigenvalue weighted by Gasteiger charge is -2.13. The number of nitrogens with one attached hydrogen (secondary N) is 1. The minimum Gasteiger partial charge on any atom is -0.493 e. The number of halogens is 2. The third-order valence-corrected chi connectivity index (χ3v) is 5.41. The Hall–Kier alpha value is -3.56. The second-order valence-corrected chi connectivity index (χ2v) is 8.44. The molecule has 8 nitrogen and oxygen atoms in total. The Labute approximate surface area is 215 Å². The summed E-state index contributed by atoms with van der Waals surface area (Å²) in [5, 5.41) is 4.54. The first-order valence-corrected chi connectivity index (χ1v) is 11.5. The van der Waals surface area contributed by atoms with Crippen LogP contribution in [-0.4, -0.2) is 38.4 Å². The molecular weight excluding hydrogens is 540 g/mol. The van der Waals surface area contributed by atoms with Crippen LogP contribution in [0, 0.1) is 0 Å². The van der Waals surface area contributed by atoms with Gasteiger partial charge in [0.05, 0.1) is 26.0 Å². The quantitative estimate of drug-likeness (QED) is 0.166. The van der Waals surface area contributed by atoms with Crippen LogP contribution in [-0.2, 0) is 4.79 Å². The van der Waals surface area contributed by atoms with Crippen LogP contribution in [0.2, 0.25) is 5.02 Å². The Morgan fingerprint density at radius 1 is 0.971 bits per heavy atom. The molecular formula is C25H22BrClN2O6. The lowest BCUT2D eigenvalue weighted by Crippen LogP contribution is -2.33. The Bertz CT molecular complexity index is 1230. The molecule has 0 fully saturated rings. The van der Waals surface area contributed by atoms with E-state index in [0.717, 1.165) is 4.47 Å². The average molecular weight is 562 g/mol. The largest absolute Gasteiger partial charge is 0.493 e. The second kappa shape index (κ2) is 12.2. The summed E-state index contributed by atoms with van der Waals surface area (Å²) in [4.78, 5) is 25.1. The number of ether oxygens (including phenoxy) is 4. The van der Waals surface area contributed by atoms with Crippen molar-refractivity contribution in [3.05, 3.63) is 81.3 Å². The van der Waals surface area contributed by atoms with Crippen LogP contribution < -0.4 is 24.4 Å². The van der Waals surface area contributed by atoms with Crippen molar-refractivity contribution in [3.8, 4) is 23.0 Å². The number of esters is 1. The summed E-state index contributed by atoms with van der Waals surface area (Å²) >= 11 is 9.23. The number of benzene rings is 3. The van der Waals surface area contributed by atoms with Gasteiger partial charge in [-0.3, -0.25) is 4.79 Å². The van der Waals surface area contributed by atoms with E-state index in [0.29, 0.717) is 27.8 Å². The van der Waals surface area contributed by atoms with Gasteiger partial charge in [-0.05, 0) is 67.6 Å². The number of hydrogen-bond donors (Lipinski definition) is 1. The van der Waals surface area contributed by atoms with E-state index >= 15 is 0 Å². The van der Waals surface area contributed by atoms with Crippen molar-refractivity contribution in [2.45, 2.75) is 13.0 Å². The maximum absolute atomic E-state index is 12.7. The molecule has 0 saturated heterocycles. The van der Waals surface area contributed by atoms with Crippen LogP contribution in [0.15, 0.2) is 70.2 Å². The van der Waals surface area contributed by atoms with Gasteiger partial charge in [-0.2, -0.15) is 5.10 Å². The first-order valence-electron chi connectivity index (χ1n) is 10.3. The highest BCUT2D eigenvalue weighted by molar-refractivity contribution is 9.10. The standard InChI is InChI=1S/C25H22BrClN2O6/c1-15(34-20-8-6-19(27)7-9-20)24(30)29-28-14-17-12-18(26)5-11-21(17)35-25(31)16-4-10-22(32-2)23(13-16)33-3/h4-15H,1-3H3,(H,29,30)/b28-14-/t15-/m1/s1. The van der Waals surface area contributed by atoms with E-state index < -0.39 is 18.0 Å². The number of nitrogens with zero attached hydrogens (tertiary/aromatic N) is 1. The molecule has 3 aromatic rings. The summed E-state index contributed by atoms with van der Waals surface area (Å²) in [5.74, 6) is 0.573. The van der Waals surface area contributed by atoms with Gasteiger partial charge in [0.1, 0.15) is 11.5 Å². The highest BCUT2D eigenvalue weighted by Crippen LogP contribution is 2.29. The van der Waals surface area contributed by atoms with Crippen LogP contribution in [0.4, 0.5) is 0 Å². The topological polar surface area (TPSA) is 95.5 Å². The zero-order chi connectivity index (χ0) is 25.4. The van der Waals surface area contributed by atoms with Crippen LogP contribution >= 0.6 is 27.5 Å². The summed E-state index contributed by atoms with van der Waals surface area (Å²) in [6, 6.07) is 16.4. The van der Waals surface area contributed by atoms with Crippen LogP contribution in [0.3, 0.4) is 0 Å². The molecule has 1 amide bonds. The fraction of sp³-hybridized carbons (Fsp3) is 0.160. The van der Waals surface area contributed by atoms with E-state index in [2.05, 4.69) is 26.5 Å². The van der Waals surface area contributed by atoms with Gasteiger partial charge in [0.25, 0.3) is 5.91 Å². The Kier molecular flexibility index (Phi) is 9.11. The molecule has 0 aliphatic rings. The first-order chi connectivity index (χ1) is 16.8. The van der Waals surface area contributed by atoms with Gasteiger partial charge < -0.3 is 18.9 Å². The van der Waals surface area contributed by atoms with Crippen LogP contribution in [0.1, 0.15) is 22.8 Å².